The Hall–Kier alpha value is -2.77. The molecule has 0 spiro atoms. The normalized spacial score (nSPS) is 13.1. The van der Waals surface area contributed by atoms with Crippen LogP contribution in [-0.4, -0.2) is 29.5 Å². The number of carboxylic acids is 1. The maximum atomic E-state index is 12.3. The molecule has 0 saturated carbocycles. The number of ether oxygens (including phenoxy) is 1. The molecule has 2 aromatic rings. The minimum Gasteiger partial charge on any atom is -0.481 e. The smallest absolute Gasteiger partial charge is 0.321 e. The molecule has 3 rings (SSSR count). The molecule has 2 aromatic carbocycles. The Morgan fingerprint density at radius 1 is 1.04 bits per heavy atom. The molecular weight excluding hydrogens is 352 g/mol. The van der Waals surface area contributed by atoms with Crippen LogP contribution in [0, 0.1) is 17.8 Å². The second-order valence-corrected chi connectivity index (χ2v) is 6.21. The molecule has 1 N–H and O–H groups in total. The molecular formula is C21H17ClO4. The van der Waals surface area contributed by atoms with Crippen molar-refractivity contribution in [3.63, 3.8) is 0 Å². The second kappa shape index (κ2) is 8.07. The first-order valence-electron chi connectivity index (χ1n) is 8.22. The molecule has 132 valence electrons. The number of carbonyl (C=O) groups excluding carboxylic acids is 1. The van der Waals surface area contributed by atoms with Crippen LogP contribution in [0.15, 0.2) is 48.5 Å². The lowest BCUT2D eigenvalue weighted by molar-refractivity contribution is -0.158. The average Bonchev–Trinajstić information content (AvgIpc) is 2.97. The monoisotopic (exact) mass is 368 g/mol. The van der Waals surface area contributed by atoms with Gasteiger partial charge in [-0.1, -0.05) is 54.5 Å². The van der Waals surface area contributed by atoms with Crippen LogP contribution in [-0.2, 0) is 14.3 Å². The zero-order valence-electron chi connectivity index (χ0n) is 13.9. The summed E-state index contributed by atoms with van der Waals surface area (Å²) < 4.78 is 5.37. The molecule has 0 bridgehead atoms. The van der Waals surface area contributed by atoms with E-state index in [2.05, 4.69) is 11.8 Å². The van der Waals surface area contributed by atoms with Crippen molar-refractivity contribution in [3.8, 4) is 23.0 Å². The summed E-state index contributed by atoms with van der Waals surface area (Å²) in [6.07, 6.45) is -0.112. The quantitative estimate of drug-likeness (QED) is 0.378. The van der Waals surface area contributed by atoms with E-state index in [-0.39, 0.29) is 24.8 Å². The summed E-state index contributed by atoms with van der Waals surface area (Å²) in [4.78, 5) is 23.6. The minimum absolute atomic E-state index is 0.0943. The number of esters is 1. The molecule has 1 unspecified atom stereocenters. The number of hydrogen-bond acceptors (Lipinski definition) is 3. The highest BCUT2D eigenvalue weighted by Gasteiger charge is 2.32. The summed E-state index contributed by atoms with van der Waals surface area (Å²) in [5.41, 5.74) is 4.39. The van der Waals surface area contributed by atoms with E-state index >= 15 is 0 Å². The van der Waals surface area contributed by atoms with E-state index in [0.29, 0.717) is 0 Å². The fourth-order valence-corrected chi connectivity index (χ4v) is 3.29. The van der Waals surface area contributed by atoms with Gasteiger partial charge in [0, 0.05) is 12.3 Å². The van der Waals surface area contributed by atoms with E-state index in [9.17, 15) is 14.7 Å². The molecule has 1 aliphatic carbocycles. The van der Waals surface area contributed by atoms with Crippen LogP contribution in [0.25, 0.3) is 11.1 Å². The number of fused-ring (bicyclic) bond motifs is 3. The van der Waals surface area contributed by atoms with E-state index in [0.717, 1.165) is 22.3 Å². The minimum atomic E-state index is -1.31. The first kappa shape index (κ1) is 18.0. The van der Waals surface area contributed by atoms with Gasteiger partial charge in [0.05, 0.1) is 5.88 Å². The van der Waals surface area contributed by atoms with Crippen LogP contribution >= 0.6 is 11.6 Å². The Kier molecular flexibility index (Phi) is 5.60. The van der Waals surface area contributed by atoms with Crippen LogP contribution in [0.5, 0.6) is 0 Å². The maximum Gasteiger partial charge on any atom is 0.321 e. The number of aliphatic carboxylic acids is 1. The van der Waals surface area contributed by atoms with Gasteiger partial charge in [-0.3, -0.25) is 9.59 Å². The van der Waals surface area contributed by atoms with Crippen molar-refractivity contribution in [1.29, 1.82) is 0 Å². The SMILES string of the molecule is O=C(O)C(CC#CCCl)C(=O)OCC1c2ccccc2-c2ccccc21. The van der Waals surface area contributed by atoms with Gasteiger partial charge >= 0.3 is 11.9 Å². The molecule has 26 heavy (non-hydrogen) atoms. The molecule has 0 heterocycles. The zero-order chi connectivity index (χ0) is 18.5. The molecule has 0 amide bonds. The van der Waals surface area contributed by atoms with Gasteiger partial charge in [0.15, 0.2) is 5.92 Å². The number of carboxylic acid groups (broad SMARTS) is 1. The van der Waals surface area contributed by atoms with Crippen molar-refractivity contribution in [2.24, 2.45) is 5.92 Å². The van der Waals surface area contributed by atoms with Crippen molar-refractivity contribution in [1.82, 2.24) is 0 Å². The van der Waals surface area contributed by atoms with E-state index in [1.165, 1.54) is 0 Å². The largest absolute Gasteiger partial charge is 0.481 e. The molecule has 1 aliphatic rings. The summed E-state index contributed by atoms with van der Waals surface area (Å²) in [6, 6.07) is 15.9. The number of rotatable bonds is 5. The standard InChI is InChI=1S/C21H17ClO4/c22-12-6-5-11-18(20(23)24)21(25)26-13-19-16-9-3-1-7-14(16)15-8-2-4-10-17(15)19/h1-4,7-10,18-19H,11-13H2,(H,23,24). The topological polar surface area (TPSA) is 63.6 Å². The predicted octanol–water partition coefficient (Wildman–Crippen LogP) is 3.68. The van der Waals surface area contributed by atoms with Gasteiger partial charge in [0.1, 0.15) is 6.61 Å². The Morgan fingerprint density at radius 3 is 2.15 bits per heavy atom. The predicted molar refractivity (Wildman–Crippen MR) is 98.9 cm³/mol. The third-order valence-corrected chi connectivity index (χ3v) is 4.57. The number of benzene rings is 2. The lowest BCUT2D eigenvalue weighted by atomic mass is 9.98. The van der Waals surface area contributed by atoms with E-state index < -0.39 is 17.9 Å². The van der Waals surface area contributed by atoms with Crippen molar-refractivity contribution >= 4 is 23.5 Å². The van der Waals surface area contributed by atoms with Crippen molar-refractivity contribution in [2.75, 3.05) is 12.5 Å². The first-order chi connectivity index (χ1) is 12.6. The molecule has 0 saturated heterocycles. The Labute approximate surface area is 156 Å². The summed E-state index contributed by atoms with van der Waals surface area (Å²) in [6.45, 7) is 0.0968. The van der Waals surface area contributed by atoms with Gasteiger partial charge in [0.2, 0.25) is 0 Å². The number of halogens is 1. The van der Waals surface area contributed by atoms with Gasteiger partial charge in [0.25, 0.3) is 0 Å². The van der Waals surface area contributed by atoms with Gasteiger partial charge in [-0.15, -0.1) is 17.5 Å². The molecule has 0 fully saturated rings. The fraction of sp³-hybridized carbons (Fsp3) is 0.238. The highest BCUT2D eigenvalue weighted by molar-refractivity contribution is 6.19. The van der Waals surface area contributed by atoms with Crippen LogP contribution in [0.3, 0.4) is 0 Å². The molecule has 0 aromatic heterocycles. The van der Waals surface area contributed by atoms with Crippen molar-refractivity contribution < 1.29 is 19.4 Å². The summed E-state index contributed by atoms with van der Waals surface area (Å²) in [5.74, 6) is 1.81. The number of alkyl halides is 1. The molecule has 5 heteroatoms. The molecule has 0 radical (unpaired) electrons. The van der Waals surface area contributed by atoms with Crippen LogP contribution < -0.4 is 0 Å². The summed E-state index contributed by atoms with van der Waals surface area (Å²) in [7, 11) is 0. The maximum absolute atomic E-state index is 12.3. The fourth-order valence-electron chi connectivity index (χ4n) is 3.20. The van der Waals surface area contributed by atoms with E-state index in [4.69, 9.17) is 16.3 Å². The lowest BCUT2D eigenvalue weighted by Crippen LogP contribution is -2.27. The van der Waals surface area contributed by atoms with Gasteiger partial charge in [-0.2, -0.15) is 0 Å². The van der Waals surface area contributed by atoms with Crippen LogP contribution in [0.4, 0.5) is 0 Å². The number of carbonyl (C=O) groups is 2. The third kappa shape index (κ3) is 3.58. The summed E-state index contributed by atoms with van der Waals surface area (Å²) >= 11 is 5.45. The number of hydrogen-bond donors (Lipinski definition) is 1. The van der Waals surface area contributed by atoms with Crippen LogP contribution in [0.1, 0.15) is 23.5 Å². The van der Waals surface area contributed by atoms with Crippen molar-refractivity contribution in [2.45, 2.75) is 12.3 Å². The Morgan fingerprint density at radius 2 is 1.62 bits per heavy atom. The lowest BCUT2D eigenvalue weighted by Gasteiger charge is -2.16. The summed E-state index contributed by atoms with van der Waals surface area (Å²) in [5, 5.41) is 9.25. The van der Waals surface area contributed by atoms with Gasteiger partial charge in [-0.25, -0.2) is 0 Å². The van der Waals surface area contributed by atoms with Crippen LogP contribution in [0.2, 0.25) is 0 Å². The Bertz CT molecular complexity index is 849. The Balaban J connectivity index is 1.77. The zero-order valence-corrected chi connectivity index (χ0v) is 14.7. The second-order valence-electron chi connectivity index (χ2n) is 5.94. The van der Waals surface area contributed by atoms with E-state index in [1.807, 2.05) is 48.5 Å². The van der Waals surface area contributed by atoms with Gasteiger partial charge in [-0.05, 0) is 22.3 Å². The average molecular weight is 369 g/mol. The molecule has 4 nitrogen and oxygen atoms in total. The molecule has 1 atom stereocenters. The molecule has 0 aliphatic heterocycles. The highest BCUT2D eigenvalue weighted by Crippen LogP contribution is 2.44. The third-order valence-electron chi connectivity index (χ3n) is 4.44. The van der Waals surface area contributed by atoms with E-state index in [1.54, 1.807) is 0 Å². The van der Waals surface area contributed by atoms with Crippen molar-refractivity contribution in [3.05, 3.63) is 59.7 Å². The van der Waals surface area contributed by atoms with Gasteiger partial charge < -0.3 is 9.84 Å². The first-order valence-corrected chi connectivity index (χ1v) is 8.76. The highest BCUT2D eigenvalue weighted by atomic mass is 35.5.